The van der Waals surface area contributed by atoms with Crippen LogP contribution in [0, 0.1) is 5.82 Å². The standard InChI is InChI=1S/C20H25BrClFN2O/c1-3-25(4-2)11-10-24-13-15-12-16(21)8-9-20(15)26-14-17-18(22)6-5-7-19(17)23/h5-9,12,24H,3-4,10-11,13-14H2,1-2H3. The topological polar surface area (TPSA) is 24.5 Å². The second-order valence-corrected chi connectivity index (χ2v) is 7.27. The second kappa shape index (κ2) is 10.9. The number of nitrogens with one attached hydrogen (secondary N) is 1. The van der Waals surface area contributed by atoms with Gasteiger partial charge in [-0.3, -0.25) is 0 Å². The van der Waals surface area contributed by atoms with Gasteiger partial charge in [-0.2, -0.15) is 0 Å². The van der Waals surface area contributed by atoms with Crippen molar-refractivity contribution in [2.45, 2.75) is 27.0 Å². The molecule has 0 bridgehead atoms. The molecule has 2 aromatic carbocycles. The van der Waals surface area contributed by atoms with Crippen molar-refractivity contribution in [2.75, 3.05) is 26.2 Å². The Labute approximate surface area is 168 Å². The Morgan fingerprint density at radius 1 is 1.19 bits per heavy atom. The van der Waals surface area contributed by atoms with Crippen molar-refractivity contribution in [3.63, 3.8) is 0 Å². The first kappa shape index (κ1) is 21.2. The van der Waals surface area contributed by atoms with Gasteiger partial charge in [0.1, 0.15) is 18.2 Å². The fourth-order valence-electron chi connectivity index (χ4n) is 2.65. The summed E-state index contributed by atoms with van der Waals surface area (Å²) < 4.78 is 20.8. The summed E-state index contributed by atoms with van der Waals surface area (Å²) >= 11 is 9.57. The third-order valence-electron chi connectivity index (χ3n) is 4.27. The number of hydrogen-bond donors (Lipinski definition) is 1. The number of rotatable bonds is 10. The average molecular weight is 444 g/mol. The van der Waals surface area contributed by atoms with Crippen LogP contribution in [0.15, 0.2) is 40.9 Å². The fourth-order valence-corrected chi connectivity index (χ4v) is 3.27. The summed E-state index contributed by atoms with van der Waals surface area (Å²) in [4.78, 5) is 2.37. The molecule has 6 heteroatoms. The molecule has 0 fully saturated rings. The molecule has 1 N–H and O–H groups in total. The summed E-state index contributed by atoms with van der Waals surface area (Å²) in [7, 11) is 0. The molecule has 0 saturated carbocycles. The summed E-state index contributed by atoms with van der Waals surface area (Å²) in [5.74, 6) is 0.372. The van der Waals surface area contributed by atoms with Crippen molar-refractivity contribution >= 4 is 27.5 Å². The Morgan fingerprint density at radius 3 is 2.65 bits per heavy atom. The molecule has 0 aliphatic carbocycles. The molecule has 0 amide bonds. The van der Waals surface area contributed by atoms with Gasteiger partial charge in [-0.1, -0.05) is 47.4 Å². The molecule has 3 nitrogen and oxygen atoms in total. The summed E-state index contributed by atoms with van der Waals surface area (Å²) in [5, 5.41) is 3.82. The van der Waals surface area contributed by atoms with Gasteiger partial charge in [-0.15, -0.1) is 0 Å². The number of halogens is 3. The van der Waals surface area contributed by atoms with Gasteiger partial charge in [0.25, 0.3) is 0 Å². The molecule has 0 saturated heterocycles. The highest BCUT2D eigenvalue weighted by molar-refractivity contribution is 9.10. The Morgan fingerprint density at radius 2 is 1.96 bits per heavy atom. The molecule has 2 rings (SSSR count). The number of benzene rings is 2. The van der Waals surface area contributed by atoms with E-state index in [1.54, 1.807) is 12.1 Å². The highest BCUT2D eigenvalue weighted by atomic mass is 79.9. The molecule has 0 spiro atoms. The van der Waals surface area contributed by atoms with E-state index in [2.05, 4.69) is 40.0 Å². The highest BCUT2D eigenvalue weighted by Gasteiger charge is 2.10. The second-order valence-electron chi connectivity index (χ2n) is 5.94. The van der Waals surface area contributed by atoms with Gasteiger partial charge in [0.05, 0.1) is 5.02 Å². The monoisotopic (exact) mass is 442 g/mol. The number of ether oxygens (including phenoxy) is 1. The third kappa shape index (κ3) is 6.23. The molecule has 0 aromatic heterocycles. The fraction of sp³-hybridized carbons (Fsp3) is 0.400. The van der Waals surface area contributed by atoms with E-state index in [1.807, 2.05) is 18.2 Å². The van der Waals surface area contributed by atoms with Crippen LogP contribution in [0.3, 0.4) is 0 Å². The number of likely N-dealkylation sites (N-methyl/N-ethyl adjacent to an activating group) is 1. The molecule has 0 aliphatic rings. The van der Waals surface area contributed by atoms with Crippen molar-refractivity contribution < 1.29 is 9.13 Å². The molecule has 0 atom stereocenters. The summed E-state index contributed by atoms with van der Waals surface area (Å²) in [6, 6.07) is 10.5. The summed E-state index contributed by atoms with van der Waals surface area (Å²) in [6.45, 7) is 9.10. The van der Waals surface area contributed by atoms with Crippen LogP contribution in [-0.4, -0.2) is 31.1 Å². The van der Waals surface area contributed by atoms with Crippen LogP contribution < -0.4 is 10.1 Å². The van der Waals surface area contributed by atoms with Gasteiger partial charge < -0.3 is 15.0 Å². The first-order valence-corrected chi connectivity index (χ1v) is 9.99. The van der Waals surface area contributed by atoms with Gasteiger partial charge in [0.2, 0.25) is 0 Å². The Hall–Kier alpha value is -1.14. The molecule has 0 heterocycles. The van der Waals surface area contributed by atoms with E-state index in [0.717, 1.165) is 42.0 Å². The average Bonchev–Trinajstić information content (AvgIpc) is 2.63. The molecule has 0 unspecified atom stereocenters. The van der Waals surface area contributed by atoms with Gasteiger partial charge in [0, 0.05) is 35.2 Å². The van der Waals surface area contributed by atoms with Crippen LogP contribution in [0.4, 0.5) is 4.39 Å². The van der Waals surface area contributed by atoms with Crippen molar-refractivity contribution in [2.24, 2.45) is 0 Å². The Bertz CT molecular complexity index is 690. The van der Waals surface area contributed by atoms with Crippen LogP contribution in [0.1, 0.15) is 25.0 Å². The molecular formula is C20H25BrClFN2O. The van der Waals surface area contributed by atoms with Crippen LogP contribution in [-0.2, 0) is 13.2 Å². The van der Waals surface area contributed by atoms with E-state index in [4.69, 9.17) is 16.3 Å². The Kier molecular flexibility index (Phi) is 8.85. The van der Waals surface area contributed by atoms with E-state index in [0.29, 0.717) is 17.1 Å². The van der Waals surface area contributed by atoms with E-state index >= 15 is 0 Å². The maximum Gasteiger partial charge on any atom is 0.131 e. The van der Waals surface area contributed by atoms with Crippen LogP contribution >= 0.6 is 27.5 Å². The predicted octanol–water partition coefficient (Wildman–Crippen LogP) is 5.25. The van der Waals surface area contributed by atoms with E-state index < -0.39 is 0 Å². The molecule has 2 aromatic rings. The molecule has 0 radical (unpaired) electrons. The first-order chi connectivity index (χ1) is 12.5. The maximum atomic E-state index is 13.9. The molecule has 142 valence electrons. The lowest BCUT2D eigenvalue weighted by Crippen LogP contribution is -2.31. The van der Waals surface area contributed by atoms with Crippen molar-refractivity contribution in [1.29, 1.82) is 0 Å². The third-order valence-corrected chi connectivity index (χ3v) is 5.12. The predicted molar refractivity (Wildman–Crippen MR) is 109 cm³/mol. The number of nitrogens with zero attached hydrogens (tertiary/aromatic N) is 1. The molecular weight excluding hydrogens is 419 g/mol. The quantitative estimate of drug-likeness (QED) is 0.507. The van der Waals surface area contributed by atoms with Crippen LogP contribution in [0.5, 0.6) is 5.75 Å². The van der Waals surface area contributed by atoms with E-state index in [1.165, 1.54) is 6.07 Å². The minimum Gasteiger partial charge on any atom is -0.488 e. The summed E-state index contributed by atoms with van der Waals surface area (Å²) in [5.41, 5.74) is 1.39. The molecule has 26 heavy (non-hydrogen) atoms. The zero-order valence-corrected chi connectivity index (χ0v) is 17.5. The van der Waals surface area contributed by atoms with Crippen molar-refractivity contribution in [3.05, 3.63) is 62.8 Å². The summed E-state index contributed by atoms with van der Waals surface area (Å²) in [6.07, 6.45) is 0. The zero-order chi connectivity index (χ0) is 18.9. The van der Waals surface area contributed by atoms with Crippen molar-refractivity contribution in [3.8, 4) is 5.75 Å². The first-order valence-electron chi connectivity index (χ1n) is 8.82. The largest absolute Gasteiger partial charge is 0.488 e. The van der Waals surface area contributed by atoms with E-state index in [9.17, 15) is 4.39 Å². The minimum atomic E-state index is -0.353. The van der Waals surface area contributed by atoms with Gasteiger partial charge >= 0.3 is 0 Å². The van der Waals surface area contributed by atoms with Gasteiger partial charge in [-0.05, 0) is 43.4 Å². The smallest absolute Gasteiger partial charge is 0.131 e. The van der Waals surface area contributed by atoms with Crippen LogP contribution in [0.2, 0.25) is 5.02 Å². The van der Waals surface area contributed by atoms with Gasteiger partial charge in [0.15, 0.2) is 0 Å². The molecule has 0 aliphatic heterocycles. The zero-order valence-electron chi connectivity index (χ0n) is 15.2. The van der Waals surface area contributed by atoms with E-state index in [-0.39, 0.29) is 12.4 Å². The highest BCUT2D eigenvalue weighted by Crippen LogP contribution is 2.26. The normalized spacial score (nSPS) is 11.2. The lowest BCUT2D eigenvalue weighted by Gasteiger charge is -2.18. The van der Waals surface area contributed by atoms with Crippen molar-refractivity contribution in [1.82, 2.24) is 10.2 Å². The van der Waals surface area contributed by atoms with Crippen LogP contribution in [0.25, 0.3) is 0 Å². The Balaban J connectivity index is 1.98. The minimum absolute atomic E-state index is 0.0968. The SMILES string of the molecule is CCN(CC)CCNCc1cc(Br)ccc1OCc1c(F)cccc1Cl. The lowest BCUT2D eigenvalue weighted by molar-refractivity contribution is 0.292. The lowest BCUT2D eigenvalue weighted by atomic mass is 10.2. The van der Waals surface area contributed by atoms with Gasteiger partial charge in [-0.25, -0.2) is 4.39 Å². The maximum absolute atomic E-state index is 13.9. The number of hydrogen-bond acceptors (Lipinski definition) is 3.